The number of Topliss-reactive ketones (excluding diaryl/α,β-unsaturated/α-hetero) is 1. The minimum absolute atomic E-state index is 0.322. The molecule has 0 bridgehead atoms. The molecule has 0 aromatic carbocycles. The molecule has 0 spiro atoms. The van der Waals surface area contributed by atoms with Gasteiger partial charge in [-0.2, -0.15) is 0 Å². The van der Waals surface area contributed by atoms with E-state index in [0.717, 1.165) is 19.3 Å². The summed E-state index contributed by atoms with van der Waals surface area (Å²) in [4.78, 5) is 12.5. The van der Waals surface area contributed by atoms with Gasteiger partial charge in [-0.05, 0) is 31.2 Å². The van der Waals surface area contributed by atoms with Gasteiger partial charge in [-0.15, -0.1) is 0 Å². The highest BCUT2D eigenvalue weighted by atomic mass is 79.9. The zero-order chi connectivity index (χ0) is 9.94. The number of carbonyl (C=O) groups is 1. The number of rotatable bonds is 8. The number of hydrogen-bond acceptors (Lipinski definition) is 1. The van der Waals surface area contributed by atoms with Gasteiger partial charge in [0.25, 0.3) is 0 Å². The second-order valence-corrected chi connectivity index (χ2v) is 3.90. The highest BCUT2D eigenvalue weighted by Gasteiger charge is 1.93. The second kappa shape index (κ2) is 9.97. The molecule has 0 aromatic heterocycles. The minimum atomic E-state index is 0.322. The summed E-state index contributed by atoms with van der Waals surface area (Å²) in [6.45, 7) is 1.67. The van der Waals surface area contributed by atoms with Crippen LogP contribution in [0.5, 0.6) is 0 Å². The van der Waals surface area contributed by atoms with Crippen molar-refractivity contribution in [2.24, 2.45) is 0 Å². The molecule has 13 heavy (non-hydrogen) atoms. The molecule has 76 valence electrons. The Hall–Kier alpha value is -0.110. The van der Waals surface area contributed by atoms with Crippen LogP contribution in [0.3, 0.4) is 0 Å². The van der Waals surface area contributed by atoms with E-state index in [1.165, 1.54) is 25.7 Å². The van der Waals surface area contributed by atoms with Crippen LogP contribution in [0, 0.1) is 0 Å². The van der Waals surface area contributed by atoms with E-state index in [4.69, 9.17) is 0 Å². The maximum Gasteiger partial charge on any atom is 0.129 e. The molecule has 1 nitrogen and oxygen atoms in total. The summed E-state index contributed by atoms with van der Waals surface area (Å²) < 4.78 is 0. The minimum Gasteiger partial charge on any atom is -0.300 e. The van der Waals surface area contributed by atoms with Gasteiger partial charge in [0.2, 0.25) is 0 Å². The Bertz CT molecular complexity index is 152. The molecule has 0 unspecified atom stereocenters. The van der Waals surface area contributed by atoms with E-state index >= 15 is 0 Å². The van der Waals surface area contributed by atoms with Gasteiger partial charge < -0.3 is 4.79 Å². The zero-order valence-corrected chi connectivity index (χ0v) is 9.98. The Balaban J connectivity index is 2.95. The largest absolute Gasteiger partial charge is 0.300 e. The lowest BCUT2D eigenvalue weighted by Gasteiger charge is -1.98. The zero-order valence-electron chi connectivity index (χ0n) is 8.39. The van der Waals surface area contributed by atoms with E-state index in [2.05, 4.69) is 22.0 Å². The maximum atomic E-state index is 10.6. The first-order valence-corrected chi connectivity index (χ1v) is 5.93. The van der Waals surface area contributed by atoms with Gasteiger partial charge in [0.05, 0.1) is 0 Å². The monoisotopic (exact) mass is 246 g/mol. The van der Waals surface area contributed by atoms with E-state index in [-0.39, 0.29) is 0 Å². The molecule has 0 aliphatic heterocycles. The Morgan fingerprint density at radius 2 is 1.77 bits per heavy atom. The first-order chi connectivity index (χ1) is 6.27. The quantitative estimate of drug-likeness (QED) is 0.587. The Morgan fingerprint density at radius 3 is 2.38 bits per heavy atom. The van der Waals surface area contributed by atoms with Crippen LogP contribution in [0.2, 0.25) is 0 Å². The fraction of sp³-hybridized carbons (Fsp3) is 0.727. The van der Waals surface area contributed by atoms with Gasteiger partial charge in [-0.25, -0.2) is 0 Å². The fourth-order valence-corrected chi connectivity index (χ4v) is 1.49. The summed E-state index contributed by atoms with van der Waals surface area (Å²) in [6, 6.07) is 0. The third-order valence-corrected chi connectivity index (χ3v) is 2.36. The van der Waals surface area contributed by atoms with Gasteiger partial charge in [0.15, 0.2) is 0 Å². The molecule has 2 heteroatoms. The predicted octanol–water partition coefficient (Wildman–Crippen LogP) is 4.21. The standard InChI is InChI=1S/C11H19BrO/c1-11(13)9-7-5-3-2-4-6-8-10-12/h8,10H,2-7,9H2,1H3/b10-8-. The number of ketones is 1. The van der Waals surface area contributed by atoms with Crippen molar-refractivity contribution in [2.45, 2.75) is 51.9 Å². The summed E-state index contributed by atoms with van der Waals surface area (Å²) in [5, 5.41) is 0. The molecule has 0 saturated heterocycles. The molecule has 0 amide bonds. The first kappa shape index (κ1) is 12.9. The van der Waals surface area contributed by atoms with Crippen molar-refractivity contribution in [3.8, 4) is 0 Å². The third kappa shape index (κ3) is 11.9. The van der Waals surface area contributed by atoms with E-state index in [0.29, 0.717) is 5.78 Å². The molecule has 0 heterocycles. The highest BCUT2D eigenvalue weighted by molar-refractivity contribution is 9.11. The lowest BCUT2D eigenvalue weighted by Crippen LogP contribution is -1.89. The Morgan fingerprint density at radius 1 is 1.15 bits per heavy atom. The molecule has 0 atom stereocenters. The third-order valence-electron chi connectivity index (χ3n) is 1.99. The van der Waals surface area contributed by atoms with Gasteiger partial charge >= 0.3 is 0 Å². The smallest absolute Gasteiger partial charge is 0.129 e. The number of unbranched alkanes of at least 4 members (excludes halogenated alkanes) is 5. The highest BCUT2D eigenvalue weighted by Crippen LogP contribution is 2.07. The van der Waals surface area contributed by atoms with Crippen molar-refractivity contribution < 1.29 is 4.79 Å². The summed E-state index contributed by atoms with van der Waals surface area (Å²) in [5.74, 6) is 0.322. The van der Waals surface area contributed by atoms with Crippen molar-refractivity contribution in [3.63, 3.8) is 0 Å². The van der Waals surface area contributed by atoms with Crippen LogP contribution in [0.15, 0.2) is 11.1 Å². The molecule has 0 radical (unpaired) electrons. The molecular weight excluding hydrogens is 228 g/mol. The van der Waals surface area contributed by atoms with Crippen molar-refractivity contribution in [2.75, 3.05) is 0 Å². The van der Waals surface area contributed by atoms with Crippen molar-refractivity contribution in [3.05, 3.63) is 11.1 Å². The second-order valence-electron chi connectivity index (χ2n) is 3.37. The van der Waals surface area contributed by atoms with Crippen LogP contribution in [0.4, 0.5) is 0 Å². The first-order valence-electron chi connectivity index (χ1n) is 5.02. The summed E-state index contributed by atoms with van der Waals surface area (Å²) in [7, 11) is 0. The van der Waals surface area contributed by atoms with Crippen molar-refractivity contribution in [1.29, 1.82) is 0 Å². The number of hydrogen-bond donors (Lipinski definition) is 0. The van der Waals surface area contributed by atoms with Crippen LogP contribution in [-0.2, 0) is 4.79 Å². The lowest BCUT2D eigenvalue weighted by atomic mass is 10.1. The number of halogens is 1. The molecular formula is C11H19BrO. The van der Waals surface area contributed by atoms with Crippen LogP contribution >= 0.6 is 15.9 Å². The van der Waals surface area contributed by atoms with E-state index in [1.807, 2.05) is 4.99 Å². The topological polar surface area (TPSA) is 17.1 Å². The molecule has 0 aliphatic carbocycles. The van der Waals surface area contributed by atoms with Crippen LogP contribution < -0.4 is 0 Å². The summed E-state index contributed by atoms with van der Waals surface area (Å²) >= 11 is 3.24. The Kier molecular flexibility index (Phi) is 9.89. The fourth-order valence-electron chi connectivity index (χ4n) is 1.23. The number of carbonyl (C=O) groups excluding carboxylic acids is 1. The van der Waals surface area contributed by atoms with Crippen LogP contribution in [-0.4, -0.2) is 5.78 Å². The molecule has 0 rings (SSSR count). The van der Waals surface area contributed by atoms with Crippen molar-refractivity contribution in [1.82, 2.24) is 0 Å². The summed E-state index contributed by atoms with van der Waals surface area (Å²) in [5.41, 5.74) is 0. The lowest BCUT2D eigenvalue weighted by molar-refractivity contribution is -0.117. The predicted molar refractivity (Wildman–Crippen MR) is 61.1 cm³/mol. The molecule has 0 N–H and O–H groups in total. The number of allylic oxidation sites excluding steroid dienone is 1. The van der Waals surface area contributed by atoms with Crippen molar-refractivity contribution >= 4 is 21.7 Å². The summed E-state index contributed by atoms with van der Waals surface area (Å²) in [6.07, 6.45) is 10.2. The SMILES string of the molecule is CC(=O)CCCCCCC/C=C\Br. The van der Waals surface area contributed by atoms with E-state index in [1.54, 1.807) is 6.92 Å². The molecule has 0 aromatic rings. The van der Waals surface area contributed by atoms with E-state index in [9.17, 15) is 4.79 Å². The molecule has 0 aliphatic rings. The Labute approximate surface area is 89.7 Å². The maximum absolute atomic E-state index is 10.6. The van der Waals surface area contributed by atoms with Gasteiger partial charge in [-0.3, -0.25) is 0 Å². The van der Waals surface area contributed by atoms with Gasteiger partial charge in [0.1, 0.15) is 5.78 Å². The molecule has 0 saturated carbocycles. The molecule has 0 fully saturated rings. The van der Waals surface area contributed by atoms with E-state index < -0.39 is 0 Å². The van der Waals surface area contributed by atoms with Crippen LogP contribution in [0.25, 0.3) is 0 Å². The van der Waals surface area contributed by atoms with Gasteiger partial charge in [-0.1, -0.05) is 41.3 Å². The van der Waals surface area contributed by atoms with Crippen LogP contribution in [0.1, 0.15) is 51.9 Å². The van der Waals surface area contributed by atoms with Gasteiger partial charge in [0, 0.05) is 6.42 Å². The average Bonchev–Trinajstić information content (AvgIpc) is 2.09. The average molecular weight is 247 g/mol. The normalized spacial score (nSPS) is 10.9.